The van der Waals surface area contributed by atoms with Crippen LogP contribution in [0.3, 0.4) is 0 Å². The van der Waals surface area contributed by atoms with Gasteiger partial charge in [-0.15, -0.1) is 0 Å². The number of fused-ring (bicyclic) bond motifs is 1. The van der Waals surface area contributed by atoms with Crippen molar-refractivity contribution >= 4 is 29.0 Å². The summed E-state index contributed by atoms with van der Waals surface area (Å²) in [6.07, 6.45) is 6.85. The maximum atomic E-state index is 11.6. The average molecular weight is 427 g/mol. The molecule has 0 spiro atoms. The van der Waals surface area contributed by atoms with Crippen LogP contribution in [0.1, 0.15) is 11.1 Å². The molecule has 0 unspecified atom stereocenters. The number of aliphatic imine (C=N–C) groups is 1. The van der Waals surface area contributed by atoms with Gasteiger partial charge in [0.2, 0.25) is 5.95 Å². The Bertz CT molecular complexity index is 1270. The fourth-order valence-electron chi connectivity index (χ4n) is 3.06. The van der Waals surface area contributed by atoms with Crippen molar-refractivity contribution in [3.8, 4) is 11.1 Å². The van der Waals surface area contributed by atoms with Crippen molar-refractivity contribution < 1.29 is 4.79 Å². The Morgan fingerprint density at radius 2 is 1.59 bits per heavy atom. The van der Waals surface area contributed by atoms with E-state index in [4.69, 9.17) is 11.5 Å². The lowest BCUT2D eigenvalue weighted by atomic mass is 10.1. The number of amides is 2. The average Bonchev–Trinajstić information content (AvgIpc) is 2.81. The monoisotopic (exact) mass is 427 g/mol. The molecule has 0 bridgehead atoms. The molecule has 10 heteroatoms. The Kier molecular flexibility index (Phi) is 6.12. The van der Waals surface area contributed by atoms with Crippen molar-refractivity contribution in [2.24, 2.45) is 16.5 Å². The lowest BCUT2D eigenvalue weighted by Crippen LogP contribution is -2.28. The van der Waals surface area contributed by atoms with E-state index in [2.05, 4.69) is 35.6 Å². The highest BCUT2D eigenvalue weighted by Crippen LogP contribution is 2.20. The van der Waals surface area contributed by atoms with E-state index >= 15 is 0 Å². The van der Waals surface area contributed by atoms with Crippen molar-refractivity contribution in [1.82, 2.24) is 25.3 Å². The fourth-order valence-corrected chi connectivity index (χ4v) is 3.06. The van der Waals surface area contributed by atoms with Gasteiger partial charge in [-0.1, -0.05) is 24.3 Å². The highest BCUT2D eigenvalue weighted by molar-refractivity contribution is 5.90. The number of hydrogen-bond acceptors (Lipinski definition) is 6. The van der Waals surface area contributed by atoms with Crippen LogP contribution in [0.15, 0.2) is 72.2 Å². The highest BCUT2D eigenvalue weighted by atomic mass is 16.2. The summed E-state index contributed by atoms with van der Waals surface area (Å²) in [7, 11) is 0. The number of anilines is 1. The first-order valence-corrected chi connectivity index (χ1v) is 9.79. The molecule has 0 aliphatic heterocycles. The van der Waals surface area contributed by atoms with Crippen molar-refractivity contribution in [1.29, 1.82) is 0 Å². The largest absolute Gasteiger partial charge is 0.370 e. The molecule has 2 heterocycles. The van der Waals surface area contributed by atoms with Gasteiger partial charge in [0.1, 0.15) is 0 Å². The standard InChI is InChI=1S/C22H21N9O/c23-20(24)31-22(32)30-11-14-2-1-3-16(8-14)17-12-28-21(29-13-17)27-10-15-4-5-18-19(9-15)26-7-6-25-18/h1-9,12-13H,10-11H2,(H,27,28,29)(H5,23,24,30,31,32). The number of nitrogens with two attached hydrogens (primary N) is 2. The topological polar surface area (TPSA) is 157 Å². The van der Waals surface area contributed by atoms with E-state index in [0.717, 1.165) is 33.3 Å². The molecule has 0 saturated carbocycles. The maximum absolute atomic E-state index is 11.6. The van der Waals surface area contributed by atoms with E-state index in [1.807, 2.05) is 42.5 Å². The van der Waals surface area contributed by atoms with Gasteiger partial charge in [-0.25, -0.2) is 14.8 Å². The second-order valence-corrected chi connectivity index (χ2v) is 6.92. The number of carbonyl (C=O) groups excluding carboxylic acids is 1. The summed E-state index contributed by atoms with van der Waals surface area (Å²) in [5.41, 5.74) is 15.8. The molecular formula is C22H21N9O. The summed E-state index contributed by atoms with van der Waals surface area (Å²) in [4.78, 5) is 32.4. The molecule has 10 nitrogen and oxygen atoms in total. The zero-order valence-electron chi connectivity index (χ0n) is 17.1. The molecular weight excluding hydrogens is 406 g/mol. The van der Waals surface area contributed by atoms with Gasteiger partial charge >= 0.3 is 6.03 Å². The molecule has 0 saturated heterocycles. The number of urea groups is 1. The van der Waals surface area contributed by atoms with Crippen LogP contribution in [0.4, 0.5) is 10.7 Å². The van der Waals surface area contributed by atoms with Crippen LogP contribution in [0.25, 0.3) is 22.2 Å². The van der Waals surface area contributed by atoms with Gasteiger partial charge < -0.3 is 22.1 Å². The third-order valence-electron chi connectivity index (χ3n) is 4.57. The quantitative estimate of drug-likeness (QED) is 0.269. The summed E-state index contributed by atoms with van der Waals surface area (Å²) in [6.45, 7) is 0.858. The molecule has 0 atom stereocenters. The Morgan fingerprint density at radius 3 is 2.38 bits per heavy atom. The van der Waals surface area contributed by atoms with Crippen molar-refractivity contribution in [2.75, 3.05) is 5.32 Å². The zero-order valence-corrected chi connectivity index (χ0v) is 17.1. The fraction of sp³-hybridized carbons (Fsp3) is 0.0909. The SMILES string of the molecule is NC(N)=NC(=O)NCc1cccc(-c2cnc(NCc3ccc4nccnc4c3)nc2)c1. The van der Waals surface area contributed by atoms with E-state index in [0.29, 0.717) is 19.0 Å². The van der Waals surface area contributed by atoms with Crippen LogP contribution < -0.4 is 22.1 Å². The van der Waals surface area contributed by atoms with Gasteiger partial charge in [0.25, 0.3) is 0 Å². The van der Waals surface area contributed by atoms with Gasteiger partial charge in [0.05, 0.1) is 11.0 Å². The Morgan fingerprint density at radius 1 is 0.844 bits per heavy atom. The minimum Gasteiger partial charge on any atom is -0.370 e. The summed E-state index contributed by atoms with van der Waals surface area (Å²) < 4.78 is 0. The van der Waals surface area contributed by atoms with Crippen LogP contribution in [0, 0.1) is 0 Å². The Hall–Kier alpha value is -4.60. The van der Waals surface area contributed by atoms with Gasteiger partial charge in [-0.3, -0.25) is 9.97 Å². The minimum absolute atomic E-state index is 0.281. The molecule has 2 amide bonds. The molecule has 6 N–H and O–H groups in total. The number of nitrogens with one attached hydrogen (secondary N) is 2. The number of aromatic nitrogens is 4. The normalized spacial score (nSPS) is 10.5. The Balaban J connectivity index is 1.38. The molecule has 0 radical (unpaired) electrons. The van der Waals surface area contributed by atoms with E-state index < -0.39 is 6.03 Å². The molecule has 32 heavy (non-hydrogen) atoms. The lowest BCUT2D eigenvalue weighted by Gasteiger charge is -2.08. The number of benzene rings is 2. The summed E-state index contributed by atoms with van der Waals surface area (Å²) in [5, 5.41) is 5.84. The first kappa shape index (κ1) is 20.7. The third kappa shape index (κ3) is 5.30. The van der Waals surface area contributed by atoms with E-state index in [9.17, 15) is 4.79 Å². The molecule has 0 aliphatic carbocycles. The van der Waals surface area contributed by atoms with Crippen LogP contribution in [0.2, 0.25) is 0 Å². The second-order valence-electron chi connectivity index (χ2n) is 6.92. The second kappa shape index (κ2) is 9.47. The van der Waals surface area contributed by atoms with Crippen LogP contribution in [0.5, 0.6) is 0 Å². The molecule has 0 aliphatic rings. The van der Waals surface area contributed by atoms with Crippen LogP contribution >= 0.6 is 0 Å². The van der Waals surface area contributed by atoms with Gasteiger partial charge in [-0.05, 0) is 34.9 Å². The van der Waals surface area contributed by atoms with Crippen molar-refractivity contribution in [3.63, 3.8) is 0 Å². The zero-order chi connectivity index (χ0) is 22.3. The minimum atomic E-state index is -0.590. The number of rotatable bonds is 6. The summed E-state index contributed by atoms with van der Waals surface area (Å²) in [6, 6.07) is 13.0. The molecule has 4 aromatic rings. The number of carbonyl (C=O) groups is 1. The van der Waals surface area contributed by atoms with Crippen LogP contribution in [-0.2, 0) is 13.1 Å². The molecule has 160 valence electrons. The van der Waals surface area contributed by atoms with Gasteiger partial charge in [0.15, 0.2) is 5.96 Å². The molecule has 2 aromatic carbocycles. The highest BCUT2D eigenvalue weighted by Gasteiger charge is 2.05. The third-order valence-corrected chi connectivity index (χ3v) is 4.57. The predicted octanol–water partition coefficient (Wildman–Crippen LogP) is 2.18. The Labute approximate surface area is 183 Å². The van der Waals surface area contributed by atoms with E-state index in [1.54, 1.807) is 24.8 Å². The van der Waals surface area contributed by atoms with Crippen molar-refractivity contribution in [3.05, 3.63) is 78.4 Å². The van der Waals surface area contributed by atoms with E-state index in [1.165, 1.54) is 0 Å². The smallest absolute Gasteiger partial charge is 0.344 e. The van der Waals surface area contributed by atoms with Gasteiger partial charge in [0, 0.05) is 43.4 Å². The van der Waals surface area contributed by atoms with Crippen LogP contribution in [-0.4, -0.2) is 31.9 Å². The molecule has 4 rings (SSSR count). The summed E-state index contributed by atoms with van der Waals surface area (Å²) >= 11 is 0. The first-order valence-electron chi connectivity index (χ1n) is 9.79. The summed E-state index contributed by atoms with van der Waals surface area (Å²) in [5.74, 6) is 0.241. The number of nitrogens with zero attached hydrogens (tertiary/aromatic N) is 5. The number of guanidine groups is 1. The molecule has 0 fully saturated rings. The maximum Gasteiger partial charge on any atom is 0.344 e. The van der Waals surface area contributed by atoms with Crippen molar-refractivity contribution in [2.45, 2.75) is 13.1 Å². The lowest BCUT2D eigenvalue weighted by molar-refractivity contribution is 0.249. The predicted molar refractivity (Wildman–Crippen MR) is 122 cm³/mol. The number of hydrogen-bond donors (Lipinski definition) is 4. The van der Waals surface area contributed by atoms with Gasteiger partial charge in [-0.2, -0.15) is 4.99 Å². The van der Waals surface area contributed by atoms with E-state index in [-0.39, 0.29) is 5.96 Å². The first-order chi connectivity index (χ1) is 15.6. The molecule has 2 aromatic heterocycles.